The summed E-state index contributed by atoms with van der Waals surface area (Å²) in [6.45, 7) is 4.23. The number of amides is 1. The number of anilines is 1. The Morgan fingerprint density at radius 3 is 2.47 bits per heavy atom. The van der Waals surface area contributed by atoms with Crippen LogP contribution < -0.4 is 10.2 Å². The van der Waals surface area contributed by atoms with Crippen molar-refractivity contribution < 1.29 is 4.79 Å². The molecule has 32 heavy (non-hydrogen) atoms. The number of para-hydroxylation sites is 1. The van der Waals surface area contributed by atoms with Crippen LogP contribution in [0.3, 0.4) is 0 Å². The second kappa shape index (κ2) is 9.35. The van der Waals surface area contributed by atoms with E-state index in [1.165, 1.54) is 16.8 Å². The largest absolute Gasteiger partial charge is 0.365 e. The van der Waals surface area contributed by atoms with Crippen molar-refractivity contribution in [2.75, 3.05) is 24.5 Å². The quantitative estimate of drug-likeness (QED) is 0.627. The van der Waals surface area contributed by atoms with Gasteiger partial charge in [0.15, 0.2) is 0 Å². The zero-order chi connectivity index (χ0) is 21.9. The molecule has 0 spiro atoms. The third-order valence-electron chi connectivity index (χ3n) is 6.67. The van der Waals surface area contributed by atoms with Gasteiger partial charge < -0.3 is 10.2 Å². The Labute approximate surface area is 194 Å². The lowest BCUT2D eigenvalue weighted by atomic mass is 9.83. The van der Waals surface area contributed by atoms with Gasteiger partial charge >= 0.3 is 0 Å². The molecule has 1 saturated heterocycles. The Bertz CT molecular complexity index is 1070. The molecule has 1 amide bonds. The highest BCUT2D eigenvalue weighted by Crippen LogP contribution is 2.36. The molecule has 0 unspecified atom stereocenters. The second-order valence-electron chi connectivity index (χ2n) is 8.77. The van der Waals surface area contributed by atoms with E-state index in [4.69, 9.17) is 11.6 Å². The molecule has 3 aromatic rings. The van der Waals surface area contributed by atoms with Gasteiger partial charge in [0.2, 0.25) is 5.91 Å². The van der Waals surface area contributed by atoms with E-state index in [-0.39, 0.29) is 17.9 Å². The number of piperazine rings is 1. The first-order valence-corrected chi connectivity index (χ1v) is 11.7. The maximum Gasteiger partial charge on any atom is 0.225 e. The van der Waals surface area contributed by atoms with Crippen molar-refractivity contribution in [2.45, 2.75) is 25.6 Å². The van der Waals surface area contributed by atoms with Crippen LogP contribution in [0.15, 0.2) is 78.9 Å². The highest BCUT2D eigenvalue weighted by Gasteiger charge is 2.41. The predicted octanol–water partition coefficient (Wildman–Crippen LogP) is 4.52. The van der Waals surface area contributed by atoms with Gasteiger partial charge in [-0.05, 0) is 41.3 Å². The van der Waals surface area contributed by atoms with Gasteiger partial charge in [-0.15, -0.1) is 0 Å². The van der Waals surface area contributed by atoms with Crippen LogP contribution >= 0.6 is 11.6 Å². The molecule has 2 aliphatic heterocycles. The standard InChI is InChI=1S/C27H28ClN3O/c28-23-12-10-21(11-13-23)18-30-14-15-31-25-9-5-4-8-22(25)16-24(26(31)19-30)27(32)29-17-20-6-2-1-3-7-20/h1-13,24,26H,14-19H2,(H,29,32)/t24-,26-/m1/s1. The van der Waals surface area contributed by atoms with Crippen molar-refractivity contribution in [3.8, 4) is 0 Å². The molecule has 0 saturated carbocycles. The summed E-state index contributed by atoms with van der Waals surface area (Å²) in [6.07, 6.45) is 0.784. The van der Waals surface area contributed by atoms with Gasteiger partial charge in [0.05, 0.1) is 12.0 Å². The van der Waals surface area contributed by atoms with Crippen molar-refractivity contribution >= 4 is 23.2 Å². The molecule has 1 N–H and O–H groups in total. The number of halogens is 1. The van der Waals surface area contributed by atoms with Crippen LogP contribution in [0, 0.1) is 5.92 Å². The molecule has 2 aliphatic rings. The van der Waals surface area contributed by atoms with Crippen LogP contribution in [0.1, 0.15) is 16.7 Å². The van der Waals surface area contributed by atoms with Crippen molar-refractivity contribution in [2.24, 2.45) is 5.92 Å². The Balaban J connectivity index is 1.34. The number of rotatable bonds is 5. The monoisotopic (exact) mass is 445 g/mol. The summed E-state index contributed by atoms with van der Waals surface area (Å²) in [4.78, 5) is 18.3. The van der Waals surface area contributed by atoms with Gasteiger partial charge in [-0.2, -0.15) is 0 Å². The Morgan fingerprint density at radius 2 is 1.66 bits per heavy atom. The second-order valence-corrected chi connectivity index (χ2v) is 9.20. The summed E-state index contributed by atoms with van der Waals surface area (Å²) in [5, 5.41) is 3.97. The van der Waals surface area contributed by atoms with Crippen molar-refractivity contribution in [3.63, 3.8) is 0 Å². The predicted molar refractivity (Wildman–Crippen MR) is 130 cm³/mol. The van der Waals surface area contributed by atoms with Crippen LogP contribution in [0.5, 0.6) is 0 Å². The average molecular weight is 446 g/mol. The van der Waals surface area contributed by atoms with E-state index < -0.39 is 0 Å². The lowest BCUT2D eigenvalue weighted by Gasteiger charge is -2.49. The molecule has 4 nitrogen and oxygen atoms in total. The molecule has 164 valence electrons. The molecule has 5 heteroatoms. The minimum atomic E-state index is -0.0679. The maximum atomic E-state index is 13.4. The summed E-state index contributed by atoms with van der Waals surface area (Å²) >= 11 is 6.06. The van der Waals surface area contributed by atoms with Crippen molar-refractivity contribution in [1.82, 2.24) is 10.2 Å². The Morgan fingerprint density at radius 1 is 0.906 bits per heavy atom. The highest BCUT2D eigenvalue weighted by atomic mass is 35.5. The first-order chi connectivity index (χ1) is 15.7. The third-order valence-corrected chi connectivity index (χ3v) is 6.93. The summed E-state index contributed by atoms with van der Waals surface area (Å²) in [6, 6.07) is 26.9. The van der Waals surface area contributed by atoms with E-state index in [9.17, 15) is 4.79 Å². The lowest BCUT2D eigenvalue weighted by Crippen LogP contribution is -2.60. The number of fused-ring (bicyclic) bond motifs is 3. The summed E-state index contributed by atoms with van der Waals surface area (Å²) in [5.41, 5.74) is 4.94. The first kappa shape index (κ1) is 21.0. The Kier molecular flexibility index (Phi) is 6.15. The SMILES string of the molecule is O=C(NCc1ccccc1)[C@@H]1Cc2ccccc2N2CCN(Cc3ccc(Cl)cc3)C[C@H]12. The number of hydrogen-bond acceptors (Lipinski definition) is 3. The van der Waals surface area contributed by atoms with E-state index in [0.29, 0.717) is 6.54 Å². The van der Waals surface area contributed by atoms with Crippen LogP contribution in [0.25, 0.3) is 0 Å². The zero-order valence-electron chi connectivity index (χ0n) is 18.1. The number of carbonyl (C=O) groups excluding carboxylic acids is 1. The van der Waals surface area contributed by atoms with Crippen LogP contribution in [0.4, 0.5) is 5.69 Å². The summed E-state index contributed by atoms with van der Waals surface area (Å²) in [7, 11) is 0. The van der Waals surface area contributed by atoms with Crippen LogP contribution in [0.2, 0.25) is 5.02 Å². The topological polar surface area (TPSA) is 35.6 Å². The fourth-order valence-corrected chi connectivity index (χ4v) is 5.15. The van der Waals surface area contributed by atoms with Gasteiger partial charge in [-0.3, -0.25) is 9.69 Å². The van der Waals surface area contributed by atoms with Crippen molar-refractivity contribution in [3.05, 3.63) is 101 Å². The van der Waals surface area contributed by atoms with E-state index in [0.717, 1.165) is 43.2 Å². The van der Waals surface area contributed by atoms with E-state index in [1.807, 2.05) is 30.3 Å². The van der Waals surface area contributed by atoms with E-state index in [2.05, 4.69) is 63.6 Å². The van der Waals surface area contributed by atoms with Gasteiger partial charge in [-0.1, -0.05) is 72.3 Å². The van der Waals surface area contributed by atoms with E-state index in [1.54, 1.807) is 0 Å². The number of hydrogen-bond donors (Lipinski definition) is 1. The molecular formula is C27H28ClN3O. The van der Waals surface area contributed by atoms with Gasteiger partial charge in [0.25, 0.3) is 0 Å². The molecule has 2 atom stereocenters. The number of nitrogens with zero attached hydrogens (tertiary/aromatic N) is 2. The fraction of sp³-hybridized carbons (Fsp3) is 0.296. The first-order valence-electron chi connectivity index (χ1n) is 11.3. The molecule has 1 fully saturated rings. The van der Waals surface area contributed by atoms with E-state index >= 15 is 0 Å². The fourth-order valence-electron chi connectivity index (χ4n) is 5.02. The molecule has 0 radical (unpaired) electrons. The number of nitrogens with one attached hydrogen (secondary N) is 1. The highest BCUT2D eigenvalue weighted by molar-refractivity contribution is 6.30. The van der Waals surface area contributed by atoms with Crippen LogP contribution in [-0.2, 0) is 24.3 Å². The summed E-state index contributed by atoms with van der Waals surface area (Å²) in [5.74, 6) is 0.0772. The molecule has 0 aromatic heterocycles. The minimum Gasteiger partial charge on any atom is -0.365 e. The molecule has 3 aromatic carbocycles. The molecule has 0 aliphatic carbocycles. The zero-order valence-corrected chi connectivity index (χ0v) is 18.8. The van der Waals surface area contributed by atoms with Gasteiger partial charge in [-0.25, -0.2) is 0 Å². The van der Waals surface area contributed by atoms with Gasteiger partial charge in [0, 0.05) is 43.4 Å². The average Bonchev–Trinajstić information content (AvgIpc) is 2.84. The van der Waals surface area contributed by atoms with Crippen LogP contribution in [-0.4, -0.2) is 36.5 Å². The molecule has 0 bridgehead atoms. The van der Waals surface area contributed by atoms with Gasteiger partial charge in [0.1, 0.15) is 0 Å². The normalized spacial score (nSPS) is 20.3. The van der Waals surface area contributed by atoms with Crippen molar-refractivity contribution in [1.29, 1.82) is 0 Å². The smallest absolute Gasteiger partial charge is 0.225 e. The lowest BCUT2D eigenvalue weighted by molar-refractivity contribution is -0.126. The Hall–Kier alpha value is -2.82. The molecular weight excluding hydrogens is 418 g/mol. The molecule has 2 heterocycles. The number of benzene rings is 3. The minimum absolute atomic E-state index is 0.0679. The molecule has 5 rings (SSSR count). The maximum absolute atomic E-state index is 13.4. The third kappa shape index (κ3) is 4.52. The number of carbonyl (C=O) groups is 1. The summed E-state index contributed by atoms with van der Waals surface area (Å²) < 4.78 is 0.